The molecule has 1 heterocycles. The van der Waals surface area contributed by atoms with Crippen molar-refractivity contribution in [2.75, 3.05) is 19.6 Å². The summed E-state index contributed by atoms with van der Waals surface area (Å²) in [5.41, 5.74) is 2.73. The van der Waals surface area contributed by atoms with E-state index >= 15 is 0 Å². The highest BCUT2D eigenvalue weighted by atomic mass is 35.5. The highest BCUT2D eigenvalue weighted by Gasteiger charge is 2.51. The van der Waals surface area contributed by atoms with E-state index in [1.165, 1.54) is 36.1 Å². The Balaban J connectivity index is 1.86. The summed E-state index contributed by atoms with van der Waals surface area (Å²) in [7, 11) is -4.29. The molecule has 30 heavy (non-hydrogen) atoms. The number of primary amides is 1. The van der Waals surface area contributed by atoms with Gasteiger partial charge >= 0.3 is 0 Å². The van der Waals surface area contributed by atoms with Crippen LogP contribution in [0.15, 0.2) is 53.4 Å². The third-order valence-electron chi connectivity index (χ3n) is 4.70. The van der Waals surface area contributed by atoms with Gasteiger partial charge in [-0.3, -0.25) is 9.59 Å². The van der Waals surface area contributed by atoms with Crippen LogP contribution in [-0.2, 0) is 19.6 Å². The molecule has 1 unspecified atom stereocenters. The molecule has 0 radical (unpaired) electrons. The number of aliphatic hydroxyl groups is 1. The van der Waals surface area contributed by atoms with Gasteiger partial charge in [0.25, 0.3) is 5.91 Å². The summed E-state index contributed by atoms with van der Waals surface area (Å²) in [4.78, 5) is 24.5. The Labute approximate surface area is 178 Å². The number of carbonyl (C=O) groups is 2. The van der Waals surface area contributed by atoms with Crippen molar-refractivity contribution in [3.8, 4) is 11.5 Å². The number of benzene rings is 2. The van der Waals surface area contributed by atoms with E-state index in [0.717, 1.165) is 0 Å². The quantitative estimate of drug-likeness (QED) is 0.698. The van der Waals surface area contributed by atoms with E-state index in [4.69, 9.17) is 22.1 Å². The SMILES string of the molecule is CC(=O)N1CCN(S(=O)(=O)c2ccc(Oc3ccc(Cl)cc3)cc2)C(O)(C(N)=O)C1. The molecule has 0 spiro atoms. The number of hydrogen-bond donors (Lipinski definition) is 2. The maximum Gasteiger partial charge on any atom is 0.267 e. The molecule has 2 aromatic rings. The van der Waals surface area contributed by atoms with Crippen molar-refractivity contribution in [2.24, 2.45) is 5.73 Å². The van der Waals surface area contributed by atoms with E-state index in [-0.39, 0.29) is 18.0 Å². The van der Waals surface area contributed by atoms with Crippen molar-refractivity contribution in [2.45, 2.75) is 17.5 Å². The molecule has 0 saturated carbocycles. The summed E-state index contributed by atoms with van der Waals surface area (Å²) in [5, 5.41) is 11.3. The van der Waals surface area contributed by atoms with Gasteiger partial charge in [0, 0.05) is 25.0 Å². The number of rotatable bonds is 5. The number of hydrogen-bond acceptors (Lipinski definition) is 6. The first kappa shape index (κ1) is 22.0. The minimum atomic E-state index is -4.29. The average molecular weight is 454 g/mol. The molecule has 1 fully saturated rings. The molecule has 0 aromatic heterocycles. The number of nitrogens with zero attached hydrogens (tertiary/aromatic N) is 2. The second kappa shape index (κ2) is 8.23. The number of carbonyl (C=O) groups excluding carboxylic acids is 2. The number of halogens is 1. The molecule has 160 valence electrons. The van der Waals surface area contributed by atoms with E-state index in [9.17, 15) is 23.1 Å². The molecule has 3 N–H and O–H groups in total. The predicted molar refractivity (Wildman–Crippen MR) is 108 cm³/mol. The Kier molecular flexibility index (Phi) is 6.04. The average Bonchev–Trinajstić information content (AvgIpc) is 2.69. The highest BCUT2D eigenvalue weighted by molar-refractivity contribution is 7.89. The first-order chi connectivity index (χ1) is 14.0. The Bertz CT molecular complexity index is 1060. The Morgan fingerprint density at radius 3 is 2.10 bits per heavy atom. The lowest BCUT2D eigenvalue weighted by Crippen LogP contribution is -2.69. The number of piperazine rings is 1. The van der Waals surface area contributed by atoms with E-state index in [1.807, 2.05) is 0 Å². The molecule has 0 aliphatic carbocycles. The van der Waals surface area contributed by atoms with Crippen molar-refractivity contribution in [1.29, 1.82) is 0 Å². The molecule has 9 nitrogen and oxygen atoms in total. The minimum absolute atomic E-state index is 0.0158. The van der Waals surface area contributed by atoms with Crippen LogP contribution < -0.4 is 10.5 Å². The smallest absolute Gasteiger partial charge is 0.267 e. The van der Waals surface area contributed by atoms with E-state index in [1.54, 1.807) is 24.3 Å². The fraction of sp³-hybridized carbons (Fsp3) is 0.263. The monoisotopic (exact) mass is 453 g/mol. The van der Waals surface area contributed by atoms with Crippen molar-refractivity contribution in [3.63, 3.8) is 0 Å². The maximum absolute atomic E-state index is 13.1. The number of nitrogens with two attached hydrogens (primary N) is 1. The lowest BCUT2D eigenvalue weighted by Gasteiger charge is -2.44. The van der Waals surface area contributed by atoms with Crippen LogP contribution in [0.2, 0.25) is 5.02 Å². The fourth-order valence-corrected chi connectivity index (χ4v) is 4.78. The van der Waals surface area contributed by atoms with Crippen LogP contribution in [0, 0.1) is 0 Å². The van der Waals surface area contributed by atoms with E-state index < -0.39 is 34.1 Å². The van der Waals surface area contributed by atoms with Crippen LogP contribution in [0.4, 0.5) is 0 Å². The normalized spacial score (nSPS) is 20.0. The minimum Gasteiger partial charge on any atom is -0.457 e. The van der Waals surface area contributed by atoms with E-state index in [0.29, 0.717) is 20.8 Å². The molecule has 1 atom stereocenters. The highest BCUT2D eigenvalue weighted by Crippen LogP contribution is 2.29. The zero-order chi connectivity index (χ0) is 22.1. The van der Waals surface area contributed by atoms with Gasteiger partial charge in [0.05, 0.1) is 11.4 Å². The summed E-state index contributed by atoms with van der Waals surface area (Å²) in [6.07, 6.45) is 0. The van der Waals surface area contributed by atoms with Gasteiger partial charge in [0.2, 0.25) is 21.7 Å². The van der Waals surface area contributed by atoms with Crippen molar-refractivity contribution in [3.05, 3.63) is 53.6 Å². The molecule has 2 amide bonds. The van der Waals surface area contributed by atoms with Crippen LogP contribution in [0.25, 0.3) is 0 Å². The van der Waals surface area contributed by atoms with Crippen LogP contribution >= 0.6 is 11.6 Å². The molecular weight excluding hydrogens is 434 g/mol. The first-order valence-electron chi connectivity index (χ1n) is 8.88. The Hall–Kier alpha value is -2.66. The van der Waals surface area contributed by atoms with Gasteiger partial charge in [-0.2, -0.15) is 4.31 Å². The zero-order valence-corrected chi connectivity index (χ0v) is 17.6. The largest absolute Gasteiger partial charge is 0.457 e. The second-order valence-electron chi connectivity index (χ2n) is 6.73. The first-order valence-corrected chi connectivity index (χ1v) is 10.7. The molecule has 1 saturated heterocycles. The number of amides is 2. The summed E-state index contributed by atoms with van der Waals surface area (Å²) in [6, 6.07) is 12.1. The molecule has 11 heteroatoms. The van der Waals surface area contributed by atoms with Gasteiger partial charge in [-0.05, 0) is 48.5 Å². The number of ether oxygens (including phenoxy) is 1. The molecular formula is C19H20ClN3O6S. The van der Waals surface area contributed by atoms with Gasteiger partial charge in [-0.15, -0.1) is 0 Å². The molecule has 3 rings (SSSR count). The third kappa shape index (κ3) is 4.26. The number of β-amino-alcohol motifs (C(OH)–C–C–N with tert-alkyl or cyclic N) is 1. The maximum atomic E-state index is 13.1. The van der Waals surface area contributed by atoms with Gasteiger partial charge in [0.15, 0.2) is 0 Å². The summed E-state index contributed by atoms with van der Waals surface area (Å²) >= 11 is 5.83. The van der Waals surface area contributed by atoms with E-state index in [2.05, 4.69) is 0 Å². The topological polar surface area (TPSA) is 130 Å². The standard InChI is InChI=1S/C19H20ClN3O6S/c1-13(24)22-10-11-23(19(26,12-22)18(21)25)30(27,28)17-8-6-16(7-9-17)29-15-4-2-14(20)3-5-15/h2-9,26H,10-12H2,1H3,(H2,21,25). The molecule has 2 aromatic carbocycles. The molecule has 0 bridgehead atoms. The summed E-state index contributed by atoms with van der Waals surface area (Å²) in [6.45, 7) is 0.436. The Morgan fingerprint density at radius 1 is 1.07 bits per heavy atom. The van der Waals surface area contributed by atoms with Crippen LogP contribution in [0.1, 0.15) is 6.92 Å². The van der Waals surface area contributed by atoms with Crippen LogP contribution in [0.5, 0.6) is 11.5 Å². The zero-order valence-electron chi connectivity index (χ0n) is 16.0. The second-order valence-corrected chi connectivity index (χ2v) is 9.02. The molecule has 1 aliphatic heterocycles. The van der Waals surface area contributed by atoms with Crippen LogP contribution in [0.3, 0.4) is 0 Å². The van der Waals surface area contributed by atoms with Gasteiger partial charge in [-0.1, -0.05) is 11.6 Å². The summed E-state index contributed by atoms with van der Waals surface area (Å²) < 4.78 is 32.4. The lowest BCUT2D eigenvalue weighted by atomic mass is 10.1. The molecule has 1 aliphatic rings. The third-order valence-corrected chi connectivity index (χ3v) is 6.88. The summed E-state index contributed by atoms with van der Waals surface area (Å²) in [5.74, 6) is -0.781. The predicted octanol–water partition coefficient (Wildman–Crippen LogP) is 1.16. The van der Waals surface area contributed by atoms with Crippen LogP contribution in [-0.4, -0.2) is 59.9 Å². The van der Waals surface area contributed by atoms with Gasteiger partial charge in [-0.25, -0.2) is 8.42 Å². The van der Waals surface area contributed by atoms with Gasteiger partial charge < -0.3 is 20.5 Å². The Morgan fingerprint density at radius 2 is 1.60 bits per heavy atom. The van der Waals surface area contributed by atoms with Crippen molar-refractivity contribution >= 4 is 33.4 Å². The lowest BCUT2D eigenvalue weighted by molar-refractivity contribution is -0.164. The van der Waals surface area contributed by atoms with Gasteiger partial charge in [0.1, 0.15) is 11.5 Å². The van der Waals surface area contributed by atoms with Crippen molar-refractivity contribution < 1.29 is 27.9 Å². The van der Waals surface area contributed by atoms with Crippen molar-refractivity contribution in [1.82, 2.24) is 9.21 Å². The fourth-order valence-electron chi connectivity index (χ4n) is 3.05. The number of sulfonamides is 1.